The third-order valence-electron chi connectivity index (χ3n) is 3.89. The van der Waals surface area contributed by atoms with Crippen LogP contribution in [0, 0.1) is 5.92 Å². The van der Waals surface area contributed by atoms with Gasteiger partial charge in [-0.05, 0) is 42.7 Å². The SMILES string of the molecule is CCOc1ccc(C(O)C2COc3ccccc3C2)cc1. The zero-order valence-corrected chi connectivity index (χ0v) is 12.2. The van der Waals surface area contributed by atoms with E-state index < -0.39 is 6.10 Å². The van der Waals surface area contributed by atoms with E-state index in [-0.39, 0.29) is 5.92 Å². The predicted octanol–water partition coefficient (Wildman–Crippen LogP) is 3.37. The van der Waals surface area contributed by atoms with Gasteiger partial charge in [0.15, 0.2) is 0 Å². The molecule has 0 aliphatic carbocycles. The average molecular weight is 284 g/mol. The van der Waals surface area contributed by atoms with E-state index in [1.54, 1.807) is 0 Å². The summed E-state index contributed by atoms with van der Waals surface area (Å²) in [6, 6.07) is 15.7. The van der Waals surface area contributed by atoms with Crippen LogP contribution in [0.25, 0.3) is 0 Å². The first-order chi connectivity index (χ1) is 10.3. The topological polar surface area (TPSA) is 38.7 Å². The van der Waals surface area contributed by atoms with E-state index in [9.17, 15) is 5.11 Å². The second kappa shape index (κ2) is 6.19. The molecule has 3 rings (SSSR count). The van der Waals surface area contributed by atoms with Gasteiger partial charge in [0.2, 0.25) is 0 Å². The number of rotatable bonds is 4. The van der Waals surface area contributed by atoms with Gasteiger partial charge in [-0.1, -0.05) is 30.3 Å². The van der Waals surface area contributed by atoms with E-state index in [0.29, 0.717) is 13.2 Å². The lowest BCUT2D eigenvalue weighted by molar-refractivity contribution is 0.0644. The molecule has 2 aromatic rings. The molecule has 1 aliphatic heterocycles. The molecule has 3 heteroatoms. The zero-order chi connectivity index (χ0) is 14.7. The fourth-order valence-corrected chi connectivity index (χ4v) is 2.75. The molecule has 0 saturated heterocycles. The molecule has 0 saturated carbocycles. The third kappa shape index (κ3) is 3.03. The highest BCUT2D eigenvalue weighted by Crippen LogP contribution is 2.33. The van der Waals surface area contributed by atoms with Crippen molar-refractivity contribution >= 4 is 0 Å². The molecule has 0 bridgehead atoms. The van der Waals surface area contributed by atoms with Gasteiger partial charge in [-0.3, -0.25) is 0 Å². The van der Waals surface area contributed by atoms with Crippen molar-refractivity contribution in [1.82, 2.24) is 0 Å². The minimum Gasteiger partial charge on any atom is -0.494 e. The van der Waals surface area contributed by atoms with Crippen LogP contribution in [0.5, 0.6) is 11.5 Å². The summed E-state index contributed by atoms with van der Waals surface area (Å²) in [5, 5.41) is 10.6. The van der Waals surface area contributed by atoms with Crippen molar-refractivity contribution in [3.63, 3.8) is 0 Å². The molecule has 1 heterocycles. The Balaban J connectivity index is 1.72. The van der Waals surface area contributed by atoms with Gasteiger partial charge in [0, 0.05) is 5.92 Å². The van der Waals surface area contributed by atoms with E-state index in [1.807, 2.05) is 49.4 Å². The first kappa shape index (κ1) is 14.0. The molecule has 3 nitrogen and oxygen atoms in total. The second-order valence-corrected chi connectivity index (χ2v) is 5.33. The highest BCUT2D eigenvalue weighted by Gasteiger charge is 2.27. The number of aliphatic hydroxyl groups excluding tert-OH is 1. The van der Waals surface area contributed by atoms with Crippen molar-refractivity contribution in [2.45, 2.75) is 19.4 Å². The Morgan fingerprint density at radius 1 is 1.19 bits per heavy atom. The molecule has 1 N–H and O–H groups in total. The van der Waals surface area contributed by atoms with Crippen LogP contribution >= 0.6 is 0 Å². The van der Waals surface area contributed by atoms with Crippen molar-refractivity contribution in [2.75, 3.05) is 13.2 Å². The predicted molar refractivity (Wildman–Crippen MR) is 81.7 cm³/mol. The summed E-state index contributed by atoms with van der Waals surface area (Å²) in [6.07, 6.45) is 0.318. The normalized spacial score (nSPS) is 18.5. The lowest BCUT2D eigenvalue weighted by atomic mass is 9.88. The monoisotopic (exact) mass is 284 g/mol. The summed E-state index contributed by atoms with van der Waals surface area (Å²) in [4.78, 5) is 0. The Morgan fingerprint density at radius 3 is 2.71 bits per heavy atom. The van der Waals surface area contributed by atoms with Gasteiger partial charge in [-0.25, -0.2) is 0 Å². The number of benzene rings is 2. The lowest BCUT2D eigenvalue weighted by Gasteiger charge is -2.29. The summed E-state index contributed by atoms with van der Waals surface area (Å²) in [5.41, 5.74) is 2.07. The first-order valence-electron chi connectivity index (χ1n) is 7.39. The molecule has 21 heavy (non-hydrogen) atoms. The summed E-state index contributed by atoms with van der Waals surface area (Å²) in [6.45, 7) is 3.15. The number of aliphatic hydroxyl groups is 1. The van der Waals surface area contributed by atoms with Crippen LogP contribution in [0.4, 0.5) is 0 Å². The summed E-state index contributed by atoms with van der Waals surface area (Å²) >= 11 is 0. The smallest absolute Gasteiger partial charge is 0.122 e. The van der Waals surface area contributed by atoms with Crippen LogP contribution in [0.3, 0.4) is 0 Å². The minimum absolute atomic E-state index is 0.0813. The van der Waals surface area contributed by atoms with Crippen molar-refractivity contribution in [3.05, 3.63) is 59.7 Å². The maximum Gasteiger partial charge on any atom is 0.122 e. The summed E-state index contributed by atoms with van der Waals surface area (Å²) < 4.78 is 11.2. The highest BCUT2D eigenvalue weighted by molar-refractivity contribution is 5.36. The van der Waals surface area contributed by atoms with E-state index >= 15 is 0 Å². The molecule has 0 fully saturated rings. The number of ether oxygens (including phenoxy) is 2. The Bertz CT molecular complexity index is 592. The Kier molecular flexibility index (Phi) is 4.11. The van der Waals surface area contributed by atoms with E-state index in [2.05, 4.69) is 6.07 Å². The molecule has 1 aliphatic rings. The molecule has 0 spiro atoms. The van der Waals surface area contributed by atoms with Gasteiger partial charge < -0.3 is 14.6 Å². The molecular formula is C18H20O3. The van der Waals surface area contributed by atoms with Crippen LogP contribution in [0.1, 0.15) is 24.2 Å². The molecule has 110 valence electrons. The van der Waals surface area contributed by atoms with Crippen LogP contribution in [0.15, 0.2) is 48.5 Å². The minimum atomic E-state index is -0.519. The summed E-state index contributed by atoms with van der Waals surface area (Å²) in [7, 11) is 0. The molecular weight excluding hydrogens is 264 g/mol. The number of hydrogen-bond donors (Lipinski definition) is 1. The van der Waals surface area contributed by atoms with Crippen LogP contribution in [-0.2, 0) is 6.42 Å². The van der Waals surface area contributed by atoms with E-state index in [0.717, 1.165) is 23.5 Å². The molecule has 0 aromatic heterocycles. The number of fused-ring (bicyclic) bond motifs is 1. The highest BCUT2D eigenvalue weighted by atomic mass is 16.5. The number of para-hydroxylation sites is 1. The maximum atomic E-state index is 10.6. The van der Waals surface area contributed by atoms with Gasteiger partial charge in [0.05, 0.1) is 19.3 Å². The molecule has 0 amide bonds. The van der Waals surface area contributed by atoms with Gasteiger partial charge >= 0.3 is 0 Å². The maximum absolute atomic E-state index is 10.6. The second-order valence-electron chi connectivity index (χ2n) is 5.33. The zero-order valence-electron chi connectivity index (χ0n) is 12.2. The van der Waals surface area contributed by atoms with Crippen LogP contribution < -0.4 is 9.47 Å². The van der Waals surface area contributed by atoms with Crippen molar-refractivity contribution in [3.8, 4) is 11.5 Å². The van der Waals surface area contributed by atoms with Gasteiger partial charge in [-0.15, -0.1) is 0 Å². The van der Waals surface area contributed by atoms with Crippen LogP contribution in [-0.4, -0.2) is 18.3 Å². The Hall–Kier alpha value is -2.00. The van der Waals surface area contributed by atoms with Crippen molar-refractivity contribution in [1.29, 1.82) is 0 Å². The first-order valence-corrected chi connectivity index (χ1v) is 7.39. The number of hydrogen-bond acceptors (Lipinski definition) is 3. The largest absolute Gasteiger partial charge is 0.494 e. The van der Waals surface area contributed by atoms with E-state index in [4.69, 9.17) is 9.47 Å². The summed E-state index contributed by atoms with van der Waals surface area (Å²) in [5.74, 6) is 1.85. The van der Waals surface area contributed by atoms with Crippen molar-refractivity contribution in [2.24, 2.45) is 5.92 Å². The fraction of sp³-hybridized carbons (Fsp3) is 0.333. The van der Waals surface area contributed by atoms with Gasteiger partial charge in [-0.2, -0.15) is 0 Å². The fourth-order valence-electron chi connectivity index (χ4n) is 2.75. The van der Waals surface area contributed by atoms with Crippen molar-refractivity contribution < 1.29 is 14.6 Å². The van der Waals surface area contributed by atoms with E-state index in [1.165, 1.54) is 5.56 Å². The van der Waals surface area contributed by atoms with Gasteiger partial charge in [0.25, 0.3) is 0 Å². The lowest BCUT2D eigenvalue weighted by Crippen LogP contribution is -2.26. The molecule has 2 atom stereocenters. The molecule has 0 radical (unpaired) electrons. The molecule has 2 unspecified atom stereocenters. The standard InChI is InChI=1S/C18H20O3/c1-2-20-16-9-7-13(8-10-16)18(19)15-11-14-5-3-4-6-17(14)21-12-15/h3-10,15,18-19H,2,11-12H2,1H3. The molecule has 2 aromatic carbocycles. The quantitative estimate of drug-likeness (QED) is 0.935. The van der Waals surface area contributed by atoms with Gasteiger partial charge in [0.1, 0.15) is 11.5 Å². The average Bonchev–Trinajstić information content (AvgIpc) is 2.55. The Morgan fingerprint density at radius 2 is 1.95 bits per heavy atom. The Labute approximate surface area is 125 Å². The third-order valence-corrected chi connectivity index (χ3v) is 3.89. The van der Waals surface area contributed by atoms with Crippen LogP contribution in [0.2, 0.25) is 0 Å².